The van der Waals surface area contributed by atoms with Gasteiger partial charge in [0.15, 0.2) is 15.6 Å². The Morgan fingerprint density at radius 3 is 2.58 bits per heavy atom. The van der Waals surface area contributed by atoms with Gasteiger partial charge in [0.05, 0.1) is 11.0 Å². The summed E-state index contributed by atoms with van der Waals surface area (Å²) in [5.41, 5.74) is 1.53. The number of benzene rings is 1. The summed E-state index contributed by atoms with van der Waals surface area (Å²) in [4.78, 5) is 12.9. The van der Waals surface area contributed by atoms with E-state index in [1.165, 1.54) is 0 Å². The minimum absolute atomic E-state index is 0.121. The topological polar surface area (TPSA) is 69.7 Å². The van der Waals surface area contributed by atoms with Gasteiger partial charge < -0.3 is 9.47 Å². The fourth-order valence-corrected chi connectivity index (χ4v) is 5.73. The van der Waals surface area contributed by atoms with Gasteiger partial charge in [0, 0.05) is 12.5 Å². The van der Waals surface area contributed by atoms with Crippen molar-refractivity contribution < 1.29 is 22.7 Å². The molecule has 0 unspecified atom stereocenters. The number of allylic oxidation sites excluding steroid dienone is 1. The standard InChI is InChI=1S/C18H22O5S/c1-3-22-11-23-15-10-9-14-12(2)17(19)18(16(14)15)24(20,21)13-7-5-4-6-8-13/h4-8,15-16,18H,3,9-11H2,1-2H3/t15-,16-,18-/m1/s1. The van der Waals surface area contributed by atoms with Gasteiger partial charge in [0.2, 0.25) is 0 Å². The summed E-state index contributed by atoms with van der Waals surface area (Å²) in [7, 11) is -3.75. The Balaban J connectivity index is 1.94. The van der Waals surface area contributed by atoms with Crippen LogP contribution in [0.3, 0.4) is 0 Å². The molecule has 130 valence electrons. The minimum Gasteiger partial charge on any atom is -0.356 e. The third-order valence-corrected chi connectivity index (χ3v) is 7.02. The van der Waals surface area contributed by atoms with E-state index in [1.54, 1.807) is 37.3 Å². The second-order valence-corrected chi connectivity index (χ2v) is 8.24. The molecule has 0 bridgehead atoms. The first kappa shape index (κ1) is 17.3. The number of fused-ring (bicyclic) bond motifs is 1. The molecule has 0 N–H and O–H groups in total. The van der Waals surface area contributed by atoms with Gasteiger partial charge in [0.1, 0.15) is 12.0 Å². The highest BCUT2D eigenvalue weighted by atomic mass is 32.2. The highest BCUT2D eigenvalue weighted by Crippen LogP contribution is 2.47. The van der Waals surface area contributed by atoms with E-state index in [2.05, 4.69) is 0 Å². The molecular weight excluding hydrogens is 328 g/mol. The summed E-state index contributed by atoms with van der Waals surface area (Å²) in [5, 5.41) is -1.08. The van der Waals surface area contributed by atoms with Crippen LogP contribution >= 0.6 is 0 Å². The predicted molar refractivity (Wildman–Crippen MR) is 89.2 cm³/mol. The molecule has 1 aromatic carbocycles. The lowest BCUT2D eigenvalue weighted by atomic mass is 10.0. The van der Waals surface area contributed by atoms with Crippen LogP contribution in [-0.4, -0.2) is 39.0 Å². The van der Waals surface area contributed by atoms with Crippen LogP contribution in [0.2, 0.25) is 0 Å². The van der Waals surface area contributed by atoms with Crippen molar-refractivity contribution in [2.24, 2.45) is 5.92 Å². The Morgan fingerprint density at radius 1 is 1.21 bits per heavy atom. The SMILES string of the molecule is CCOCO[C@@H]1CCC2=C(C)C(=O)[C@H](S(=O)(=O)c3ccccc3)[C@H]21. The quantitative estimate of drug-likeness (QED) is 0.582. The molecule has 1 saturated carbocycles. The summed E-state index contributed by atoms with van der Waals surface area (Å²) < 4.78 is 37.1. The zero-order valence-electron chi connectivity index (χ0n) is 13.9. The Hall–Kier alpha value is -1.50. The molecule has 3 rings (SSSR count). The normalized spacial score (nSPS) is 26.9. The average molecular weight is 350 g/mol. The molecule has 5 nitrogen and oxygen atoms in total. The molecule has 24 heavy (non-hydrogen) atoms. The van der Waals surface area contributed by atoms with E-state index in [0.717, 1.165) is 12.0 Å². The first-order valence-electron chi connectivity index (χ1n) is 8.20. The number of Topliss-reactive ketones (excluding diaryl/α,β-unsaturated/α-hetero) is 1. The molecule has 2 aliphatic carbocycles. The van der Waals surface area contributed by atoms with E-state index < -0.39 is 21.0 Å². The molecule has 2 aliphatic rings. The lowest BCUT2D eigenvalue weighted by Crippen LogP contribution is -2.38. The largest absolute Gasteiger partial charge is 0.356 e. The third-order valence-electron chi connectivity index (χ3n) is 4.91. The number of ketones is 1. The Kier molecular flexibility index (Phi) is 4.90. The minimum atomic E-state index is -3.75. The maximum absolute atomic E-state index is 13.1. The molecule has 0 aromatic heterocycles. The van der Waals surface area contributed by atoms with Gasteiger partial charge in [0.25, 0.3) is 0 Å². The second-order valence-electron chi connectivity index (χ2n) is 6.17. The first-order chi connectivity index (χ1) is 11.5. The molecule has 3 atom stereocenters. The third kappa shape index (κ3) is 2.83. The molecule has 0 spiro atoms. The number of ether oxygens (including phenoxy) is 2. The van der Waals surface area contributed by atoms with Crippen molar-refractivity contribution >= 4 is 15.6 Å². The van der Waals surface area contributed by atoms with Crippen molar-refractivity contribution in [1.29, 1.82) is 0 Å². The highest BCUT2D eigenvalue weighted by molar-refractivity contribution is 7.93. The van der Waals surface area contributed by atoms with Gasteiger partial charge >= 0.3 is 0 Å². The van der Waals surface area contributed by atoms with Gasteiger partial charge in [-0.2, -0.15) is 0 Å². The monoisotopic (exact) mass is 350 g/mol. The van der Waals surface area contributed by atoms with Crippen LogP contribution in [0.4, 0.5) is 0 Å². The number of carbonyl (C=O) groups is 1. The molecule has 0 saturated heterocycles. The van der Waals surface area contributed by atoms with Crippen LogP contribution in [0.5, 0.6) is 0 Å². The van der Waals surface area contributed by atoms with E-state index in [0.29, 0.717) is 18.6 Å². The summed E-state index contributed by atoms with van der Waals surface area (Å²) in [6.07, 6.45) is 1.13. The van der Waals surface area contributed by atoms with E-state index in [4.69, 9.17) is 9.47 Å². The Bertz CT molecular complexity index is 751. The van der Waals surface area contributed by atoms with Gasteiger partial charge in [-0.3, -0.25) is 4.79 Å². The van der Waals surface area contributed by atoms with E-state index in [-0.39, 0.29) is 23.6 Å². The van der Waals surface area contributed by atoms with Crippen molar-refractivity contribution in [2.75, 3.05) is 13.4 Å². The second kappa shape index (κ2) is 6.78. The van der Waals surface area contributed by atoms with Crippen LogP contribution in [0, 0.1) is 5.92 Å². The Morgan fingerprint density at radius 2 is 1.92 bits per heavy atom. The summed E-state index contributed by atoms with van der Waals surface area (Å²) in [6, 6.07) is 8.19. The zero-order chi connectivity index (χ0) is 17.3. The lowest BCUT2D eigenvalue weighted by Gasteiger charge is -2.24. The molecule has 1 fully saturated rings. The lowest BCUT2D eigenvalue weighted by molar-refractivity contribution is -0.118. The van der Waals surface area contributed by atoms with E-state index >= 15 is 0 Å². The summed E-state index contributed by atoms with van der Waals surface area (Å²) >= 11 is 0. The number of rotatable bonds is 6. The number of sulfone groups is 1. The number of hydrogen-bond donors (Lipinski definition) is 0. The predicted octanol–water partition coefficient (Wildman–Crippen LogP) is 2.52. The highest BCUT2D eigenvalue weighted by Gasteiger charge is 2.53. The van der Waals surface area contributed by atoms with Crippen LogP contribution in [0.1, 0.15) is 26.7 Å². The van der Waals surface area contributed by atoms with Crippen LogP contribution < -0.4 is 0 Å². The molecule has 0 heterocycles. The van der Waals surface area contributed by atoms with Crippen LogP contribution in [0.15, 0.2) is 46.4 Å². The average Bonchev–Trinajstić information content (AvgIpc) is 3.09. The number of carbonyl (C=O) groups excluding carboxylic acids is 1. The van der Waals surface area contributed by atoms with Crippen LogP contribution in [0.25, 0.3) is 0 Å². The first-order valence-corrected chi connectivity index (χ1v) is 9.75. The zero-order valence-corrected chi connectivity index (χ0v) is 14.7. The fraction of sp³-hybridized carbons (Fsp3) is 0.500. The molecule has 6 heteroatoms. The van der Waals surface area contributed by atoms with Crippen molar-refractivity contribution in [3.05, 3.63) is 41.5 Å². The van der Waals surface area contributed by atoms with Crippen molar-refractivity contribution in [3.8, 4) is 0 Å². The van der Waals surface area contributed by atoms with E-state index in [9.17, 15) is 13.2 Å². The van der Waals surface area contributed by atoms with Crippen molar-refractivity contribution in [1.82, 2.24) is 0 Å². The van der Waals surface area contributed by atoms with Crippen LogP contribution in [-0.2, 0) is 24.1 Å². The fourth-order valence-electron chi connectivity index (χ4n) is 3.71. The molecule has 0 amide bonds. The molecule has 1 aromatic rings. The summed E-state index contributed by atoms with van der Waals surface area (Å²) in [5.74, 6) is -0.688. The van der Waals surface area contributed by atoms with E-state index in [1.807, 2.05) is 6.92 Å². The smallest absolute Gasteiger partial charge is 0.189 e. The van der Waals surface area contributed by atoms with Crippen molar-refractivity contribution in [3.63, 3.8) is 0 Å². The maximum atomic E-state index is 13.1. The van der Waals surface area contributed by atoms with Gasteiger partial charge in [-0.1, -0.05) is 23.8 Å². The van der Waals surface area contributed by atoms with Gasteiger partial charge in [-0.05, 0) is 44.4 Å². The van der Waals surface area contributed by atoms with Gasteiger partial charge in [-0.15, -0.1) is 0 Å². The molecule has 0 radical (unpaired) electrons. The number of hydrogen-bond acceptors (Lipinski definition) is 5. The molecular formula is C18H22O5S. The van der Waals surface area contributed by atoms with Gasteiger partial charge in [-0.25, -0.2) is 8.42 Å². The van der Waals surface area contributed by atoms with Crippen molar-refractivity contribution in [2.45, 2.75) is 42.9 Å². The molecule has 0 aliphatic heterocycles. The maximum Gasteiger partial charge on any atom is 0.189 e. The summed E-state index contributed by atoms with van der Waals surface area (Å²) in [6.45, 7) is 4.26. The Labute approximate surface area is 142 Å².